The third kappa shape index (κ3) is 8.97. The molecule has 120 valence electrons. The van der Waals surface area contributed by atoms with E-state index in [-0.39, 0.29) is 24.0 Å². The summed E-state index contributed by atoms with van der Waals surface area (Å²) in [7, 11) is 5.76. The Morgan fingerprint density at radius 2 is 1.90 bits per heavy atom. The lowest BCUT2D eigenvalue weighted by Gasteiger charge is -2.29. The molecule has 0 saturated carbocycles. The molecule has 0 radical (unpaired) electrons. The number of rotatable bonds is 7. The molecule has 1 aliphatic heterocycles. The van der Waals surface area contributed by atoms with Crippen molar-refractivity contribution < 1.29 is 4.74 Å². The summed E-state index contributed by atoms with van der Waals surface area (Å²) in [6.07, 6.45) is 4.91. The van der Waals surface area contributed by atoms with Crippen LogP contribution in [-0.2, 0) is 4.74 Å². The van der Waals surface area contributed by atoms with Crippen LogP contribution in [-0.4, -0.2) is 64.9 Å². The summed E-state index contributed by atoms with van der Waals surface area (Å²) >= 11 is 0. The monoisotopic (exact) mass is 398 g/mol. The van der Waals surface area contributed by atoms with Crippen LogP contribution in [0.5, 0.6) is 0 Å². The zero-order valence-electron chi connectivity index (χ0n) is 13.2. The van der Waals surface area contributed by atoms with E-state index in [0.717, 1.165) is 38.0 Å². The van der Waals surface area contributed by atoms with E-state index >= 15 is 0 Å². The molecule has 1 fully saturated rings. The maximum Gasteiger partial charge on any atom is 0.190 e. The molecule has 1 saturated heterocycles. The van der Waals surface area contributed by atoms with Crippen molar-refractivity contribution in [2.45, 2.75) is 25.7 Å². The molecule has 0 aromatic carbocycles. The molecule has 20 heavy (non-hydrogen) atoms. The zero-order valence-corrected chi connectivity index (χ0v) is 15.5. The van der Waals surface area contributed by atoms with E-state index in [4.69, 9.17) is 4.74 Å². The number of guanidine groups is 1. The third-order valence-corrected chi connectivity index (χ3v) is 3.72. The minimum Gasteiger partial charge on any atom is -0.385 e. The molecule has 0 spiro atoms. The maximum atomic E-state index is 5.02. The lowest BCUT2D eigenvalue weighted by molar-refractivity contribution is 0.195. The summed E-state index contributed by atoms with van der Waals surface area (Å²) in [5, 5.41) is 6.69. The van der Waals surface area contributed by atoms with E-state index in [1.54, 1.807) is 7.11 Å². The van der Waals surface area contributed by atoms with Crippen molar-refractivity contribution in [3.63, 3.8) is 0 Å². The van der Waals surface area contributed by atoms with Crippen LogP contribution in [0.3, 0.4) is 0 Å². The van der Waals surface area contributed by atoms with Gasteiger partial charge in [-0.1, -0.05) is 0 Å². The molecule has 0 unspecified atom stereocenters. The number of ether oxygens (including phenoxy) is 1. The summed E-state index contributed by atoms with van der Waals surface area (Å²) in [6.45, 7) is 5.20. The Balaban J connectivity index is 0.00000361. The number of piperidine rings is 1. The van der Waals surface area contributed by atoms with E-state index in [2.05, 4.69) is 27.6 Å². The predicted molar refractivity (Wildman–Crippen MR) is 96.1 cm³/mol. The van der Waals surface area contributed by atoms with Gasteiger partial charge in [0, 0.05) is 33.9 Å². The Bertz CT molecular complexity index is 256. The van der Waals surface area contributed by atoms with Crippen LogP contribution in [0.4, 0.5) is 0 Å². The summed E-state index contributed by atoms with van der Waals surface area (Å²) in [5.41, 5.74) is 0. The number of hydrogen-bond donors (Lipinski definition) is 2. The summed E-state index contributed by atoms with van der Waals surface area (Å²) in [4.78, 5) is 6.64. The molecule has 1 rings (SSSR count). The van der Waals surface area contributed by atoms with Crippen molar-refractivity contribution in [3.8, 4) is 0 Å². The molecule has 0 aliphatic carbocycles. The van der Waals surface area contributed by atoms with Crippen LogP contribution in [0.1, 0.15) is 25.7 Å². The van der Waals surface area contributed by atoms with Crippen molar-refractivity contribution in [1.29, 1.82) is 0 Å². The maximum absolute atomic E-state index is 5.02. The molecular weight excluding hydrogens is 367 g/mol. The SMILES string of the molecule is CN=C(NCCCOC)NCCC1CCN(C)CC1.I. The first-order valence-electron chi connectivity index (χ1n) is 7.38. The molecule has 1 heterocycles. The lowest BCUT2D eigenvalue weighted by Crippen LogP contribution is -2.39. The molecule has 6 heteroatoms. The molecule has 0 atom stereocenters. The van der Waals surface area contributed by atoms with Gasteiger partial charge in [-0.05, 0) is 51.7 Å². The fraction of sp³-hybridized carbons (Fsp3) is 0.929. The first-order valence-corrected chi connectivity index (χ1v) is 7.38. The molecule has 2 N–H and O–H groups in total. The molecule has 0 aromatic rings. The van der Waals surface area contributed by atoms with Crippen molar-refractivity contribution in [1.82, 2.24) is 15.5 Å². The molecule has 0 aromatic heterocycles. The van der Waals surface area contributed by atoms with Gasteiger partial charge in [0.2, 0.25) is 0 Å². The van der Waals surface area contributed by atoms with Gasteiger partial charge in [0.25, 0.3) is 0 Å². The fourth-order valence-corrected chi connectivity index (χ4v) is 2.39. The van der Waals surface area contributed by atoms with Crippen LogP contribution in [0.2, 0.25) is 0 Å². The smallest absolute Gasteiger partial charge is 0.190 e. The Hall–Kier alpha value is -0.0800. The zero-order chi connectivity index (χ0) is 13.9. The highest BCUT2D eigenvalue weighted by Gasteiger charge is 2.15. The van der Waals surface area contributed by atoms with Gasteiger partial charge in [-0.3, -0.25) is 4.99 Å². The van der Waals surface area contributed by atoms with E-state index < -0.39 is 0 Å². The number of aliphatic imine (C=N–C) groups is 1. The summed E-state index contributed by atoms with van der Waals surface area (Å²) < 4.78 is 5.02. The van der Waals surface area contributed by atoms with Gasteiger partial charge in [-0.2, -0.15) is 0 Å². The minimum atomic E-state index is 0. The molecule has 1 aliphatic rings. The van der Waals surface area contributed by atoms with Crippen LogP contribution in [0.15, 0.2) is 4.99 Å². The minimum absolute atomic E-state index is 0. The van der Waals surface area contributed by atoms with Gasteiger partial charge in [0.1, 0.15) is 0 Å². The van der Waals surface area contributed by atoms with Crippen LogP contribution in [0, 0.1) is 5.92 Å². The Labute approximate surface area is 140 Å². The number of nitrogens with one attached hydrogen (secondary N) is 2. The first kappa shape index (κ1) is 19.9. The average molecular weight is 398 g/mol. The highest BCUT2D eigenvalue weighted by Crippen LogP contribution is 2.18. The number of halogens is 1. The predicted octanol–water partition coefficient (Wildman–Crippen LogP) is 1.54. The first-order chi connectivity index (χ1) is 9.26. The average Bonchev–Trinajstić information content (AvgIpc) is 2.43. The number of methoxy groups -OCH3 is 1. The van der Waals surface area contributed by atoms with E-state index in [0.29, 0.717) is 0 Å². The quantitative estimate of drug-likeness (QED) is 0.296. The second-order valence-electron chi connectivity index (χ2n) is 5.31. The van der Waals surface area contributed by atoms with Gasteiger partial charge in [0.05, 0.1) is 0 Å². The van der Waals surface area contributed by atoms with Crippen molar-refractivity contribution in [2.75, 3.05) is 54.0 Å². The Morgan fingerprint density at radius 1 is 1.25 bits per heavy atom. The fourth-order valence-electron chi connectivity index (χ4n) is 2.39. The van der Waals surface area contributed by atoms with Gasteiger partial charge >= 0.3 is 0 Å². The van der Waals surface area contributed by atoms with Crippen LogP contribution < -0.4 is 10.6 Å². The molecule has 0 amide bonds. The highest BCUT2D eigenvalue weighted by atomic mass is 127. The Kier molecular flexibility index (Phi) is 12.6. The highest BCUT2D eigenvalue weighted by molar-refractivity contribution is 14.0. The molecule has 0 bridgehead atoms. The van der Waals surface area contributed by atoms with E-state index in [9.17, 15) is 0 Å². The largest absolute Gasteiger partial charge is 0.385 e. The van der Waals surface area contributed by atoms with Gasteiger partial charge < -0.3 is 20.3 Å². The normalized spacial score (nSPS) is 17.6. The number of nitrogens with zero attached hydrogens (tertiary/aromatic N) is 2. The van der Waals surface area contributed by atoms with Gasteiger partial charge in [-0.15, -0.1) is 24.0 Å². The third-order valence-electron chi connectivity index (χ3n) is 3.72. The molecular formula is C14H31IN4O. The summed E-state index contributed by atoms with van der Waals surface area (Å²) in [5.74, 6) is 1.78. The van der Waals surface area contributed by atoms with Gasteiger partial charge in [0.15, 0.2) is 5.96 Å². The van der Waals surface area contributed by atoms with Crippen molar-refractivity contribution in [3.05, 3.63) is 0 Å². The topological polar surface area (TPSA) is 48.9 Å². The van der Waals surface area contributed by atoms with Crippen LogP contribution in [0.25, 0.3) is 0 Å². The van der Waals surface area contributed by atoms with Crippen molar-refractivity contribution in [2.24, 2.45) is 10.9 Å². The standard InChI is InChI=1S/C14H30N4O.HI/c1-15-14(16-8-4-12-19-3)17-9-5-13-6-10-18(2)11-7-13;/h13H,4-12H2,1-3H3,(H2,15,16,17);1H. The van der Waals surface area contributed by atoms with E-state index in [1.807, 2.05) is 7.05 Å². The number of likely N-dealkylation sites (tertiary alicyclic amines) is 1. The van der Waals surface area contributed by atoms with Crippen LogP contribution >= 0.6 is 24.0 Å². The van der Waals surface area contributed by atoms with Gasteiger partial charge in [-0.25, -0.2) is 0 Å². The molecule has 5 nitrogen and oxygen atoms in total. The second kappa shape index (κ2) is 12.6. The van der Waals surface area contributed by atoms with Crippen molar-refractivity contribution >= 4 is 29.9 Å². The second-order valence-corrected chi connectivity index (χ2v) is 5.31. The lowest BCUT2D eigenvalue weighted by atomic mass is 9.94. The Morgan fingerprint density at radius 3 is 2.50 bits per heavy atom. The summed E-state index contributed by atoms with van der Waals surface area (Å²) in [6, 6.07) is 0. The van der Waals surface area contributed by atoms with E-state index in [1.165, 1.54) is 32.4 Å². The number of hydrogen-bond acceptors (Lipinski definition) is 3.